The Morgan fingerprint density at radius 2 is 1.03 bits per heavy atom. The summed E-state index contributed by atoms with van der Waals surface area (Å²) in [5, 5.41) is -4.05. The smallest absolute Gasteiger partial charge is 0.343 e. The van der Waals surface area contributed by atoms with Crippen molar-refractivity contribution in [1.29, 1.82) is 0 Å². The summed E-state index contributed by atoms with van der Waals surface area (Å²) in [6.07, 6.45) is 0. The van der Waals surface area contributed by atoms with Gasteiger partial charge in [-0.1, -0.05) is 0 Å². The van der Waals surface area contributed by atoms with Gasteiger partial charge < -0.3 is 8.74 Å². The first-order valence-corrected chi connectivity index (χ1v) is 12.7. The van der Waals surface area contributed by atoms with Crippen molar-refractivity contribution in [2.45, 2.75) is 9.79 Å². The van der Waals surface area contributed by atoms with E-state index in [1.54, 1.807) is 0 Å². The van der Waals surface area contributed by atoms with Crippen LogP contribution in [0.5, 0.6) is 5.75 Å². The predicted molar refractivity (Wildman–Crippen MR) is 111 cm³/mol. The molecule has 3 aromatic carbocycles. The normalized spacial score (nSPS) is 12.4. The Hall–Kier alpha value is -1.45. The van der Waals surface area contributed by atoms with Gasteiger partial charge in [-0.2, -0.15) is 8.42 Å². The van der Waals surface area contributed by atoms with Gasteiger partial charge in [-0.05, 0) is 57.3 Å². The van der Waals surface area contributed by atoms with E-state index in [4.69, 9.17) is 0 Å². The molecule has 0 bridgehead atoms. The van der Waals surface area contributed by atoms with Crippen LogP contribution in [0, 0.1) is 47.9 Å². The van der Waals surface area contributed by atoms with Gasteiger partial charge in [-0.25, -0.2) is 39.2 Å². The van der Waals surface area contributed by atoms with E-state index in [1.165, 1.54) is 45.2 Å². The van der Waals surface area contributed by atoms with Crippen molar-refractivity contribution in [3.8, 4) is 5.75 Å². The fourth-order valence-corrected chi connectivity index (χ4v) is 7.80. The van der Waals surface area contributed by atoms with Crippen LogP contribution in [0.25, 0.3) is 10.8 Å². The fraction of sp³-hybridized carbons (Fsp3) is 0. The van der Waals surface area contributed by atoms with E-state index in [-0.39, 0.29) is 7.14 Å². The lowest BCUT2D eigenvalue weighted by molar-refractivity contribution is 0.403. The summed E-state index contributed by atoms with van der Waals surface area (Å²) in [4.78, 5) is -2.97. The standard InChI is InChI=1S/C16H3F7I2O6S2/c17-8-6-7(10(19)12(21)11(8)20)16(14(23)13(22)9(6)18)33(29,30)31-3-1-4(24)15(5(25)2-3)32(26,27)28/h1-2H,(H,26,27,28)/p-1. The van der Waals surface area contributed by atoms with Gasteiger partial charge in [0.05, 0.1) is 15.7 Å². The van der Waals surface area contributed by atoms with E-state index in [9.17, 15) is 52.1 Å². The molecule has 0 radical (unpaired) electrons. The molecule has 0 aliphatic carbocycles. The number of hydrogen-bond donors (Lipinski definition) is 0. The second-order valence-electron chi connectivity index (χ2n) is 5.98. The number of halogens is 9. The van der Waals surface area contributed by atoms with E-state index in [2.05, 4.69) is 4.18 Å². The lowest BCUT2D eigenvalue weighted by Crippen LogP contribution is -2.17. The number of rotatable bonds is 4. The highest BCUT2D eigenvalue weighted by molar-refractivity contribution is 14.1. The molecule has 3 aromatic rings. The lowest BCUT2D eigenvalue weighted by atomic mass is 10.1. The third kappa shape index (κ3) is 4.36. The summed E-state index contributed by atoms with van der Waals surface area (Å²) >= 11 is 2.62. The first kappa shape index (κ1) is 26.2. The van der Waals surface area contributed by atoms with Gasteiger partial charge in [0.1, 0.15) is 15.9 Å². The van der Waals surface area contributed by atoms with Crippen molar-refractivity contribution < 1.29 is 56.3 Å². The molecule has 0 aliphatic heterocycles. The molecular weight excluding hydrogens is 739 g/mol. The van der Waals surface area contributed by atoms with Gasteiger partial charge in [0.25, 0.3) is 0 Å². The average molecular weight is 741 g/mol. The van der Waals surface area contributed by atoms with Crippen LogP contribution in [0.3, 0.4) is 0 Å². The van der Waals surface area contributed by atoms with Crippen LogP contribution in [0.2, 0.25) is 0 Å². The molecule has 0 unspecified atom stereocenters. The summed E-state index contributed by atoms with van der Waals surface area (Å²) in [5.41, 5.74) is 0. The van der Waals surface area contributed by atoms with Gasteiger partial charge in [0, 0.05) is 7.14 Å². The molecule has 0 amide bonds. The third-order valence-electron chi connectivity index (χ3n) is 3.98. The van der Waals surface area contributed by atoms with Gasteiger partial charge in [0.15, 0.2) is 45.6 Å². The highest BCUT2D eigenvalue weighted by atomic mass is 127. The second kappa shape index (κ2) is 8.64. The maximum atomic E-state index is 14.4. The van der Waals surface area contributed by atoms with Crippen LogP contribution >= 0.6 is 45.2 Å². The molecule has 0 aliphatic rings. The zero-order chi connectivity index (χ0) is 25.2. The number of hydrogen-bond acceptors (Lipinski definition) is 6. The molecule has 178 valence electrons. The molecule has 0 fully saturated rings. The van der Waals surface area contributed by atoms with Gasteiger partial charge in [-0.15, -0.1) is 0 Å². The molecule has 0 N–H and O–H groups in total. The van der Waals surface area contributed by atoms with E-state index < -0.39 is 87.3 Å². The lowest BCUT2D eigenvalue weighted by Gasteiger charge is -2.16. The SMILES string of the molecule is O=S(=O)([O-])c1c(I)cc(OS(=O)(=O)c2c(F)c(F)c(F)c3c(F)c(F)c(F)c(F)c23)cc1I. The molecule has 0 atom stereocenters. The molecule has 33 heavy (non-hydrogen) atoms. The maximum absolute atomic E-state index is 14.4. The monoisotopic (exact) mass is 741 g/mol. The molecule has 0 spiro atoms. The summed E-state index contributed by atoms with van der Waals surface area (Å²) < 4.78 is 161. The van der Waals surface area contributed by atoms with E-state index in [0.717, 1.165) is 0 Å². The Labute approximate surface area is 206 Å². The topological polar surface area (TPSA) is 101 Å². The summed E-state index contributed by atoms with van der Waals surface area (Å²) in [7, 11) is -10.8. The summed E-state index contributed by atoms with van der Waals surface area (Å²) in [6, 6.07) is 1.31. The first-order chi connectivity index (χ1) is 15.0. The Morgan fingerprint density at radius 3 is 1.45 bits per heavy atom. The van der Waals surface area contributed by atoms with Crippen LogP contribution in [-0.2, 0) is 20.2 Å². The quantitative estimate of drug-likeness (QED) is 0.0962. The van der Waals surface area contributed by atoms with Crippen molar-refractivity contribution >= 4 is 76.2 Å². The predicted octanol–water partition coefficient (Wildman–Crippen LogP) is 4.69. The van der Waals surface area contributed by atoms with Crippen molar-refractivity contribution in [1.82, 2.24) is 0 Å². The molecular formula is C16H2F7I2O6S2-. The minimum absolute atomic E-state index is 0.374. The highest BCUT2D eigenvalue weighted by Gasteiger charge is 2.36. The van der Waals surface area contributed by atoms with E-state index in [0.29, 0.717) is 12.1 Å². The first-order valence-electron chi connectivity index (χ1n) is 7.72. The number of benzene rings is 3. The second-order valence-corrected chi connectivity index (χ2v) is 11.1. The van der Waals surface area contributed by atoms with Crippen LogP contribution in [0.1, 0.15) is 0 Å². The van der Waals surface area contributed by atoms with Gasteiger partial charge in [0.2, 0.25) is 0 Å². The van der Waals surface area contributed by atoms with Gasteiger partial charge >= 0.3 is 10.1 Å². The molecule has 0 heterocycles. The molecule has 17 heteroatoms. The van der Waals surface area contributed by atoms with E-state index >= 15 is 0 Å². The van der Waals surface area contributed by atoms with Crippen LogP contribution < -0.4 is 4.18 Å². The number of fused-ring (bicyclic) bond motifs is 1. The van der Waals surface area contributed by atoms with Crippen LogP contribution in [0.15, 0.2) is 21.9 Å². The van der Waals surface area contributed by atoms with Crippen molar-refractivity contribution in [2.24, 2.45) is 0 Å². The molecule has 3 rings (SSSR count). The Morgan fingerprint density at radius 1 is 0.636 bits per heavy atom. The van der Waals surface area contributed by atoms with Crippen molar-refractivity contribution in [3.63, 3.8) is 0 Å². The highest BCUT2D eigenvalue weighted by Crippen LogP contribution is 2.38. The molecule has 0 saturated heterocycles. The Kier molecular flexibility index (Phi) is 6.85. The fourth-order valence-electron chi connectivity index (χ4n) is 2.69. The minimum atomic E-state index is -5.77. The largest absolute Gasteiger partial charge is 0.744 e. The maximum Gasteiger partial charge on any atom is 0.343 e. The van der Waals surface area contributed by atoms with Crippen molar-refractivity contribution in [3.05, 3.63) is 60.0 Å². The average Bonchev–Trinajstić information content (AvgIpc) is 2.66. The van der Waals surface area contributed by atoms with E-state index in [1.807, 2.05) is 0 Å². The zero-order valence-corrected chi connectivity index (χ0v) is 20.8. The summed E-state index contributed by atoms with van der Waals surface area (Å²) in [5.74, 6) is -19.0. The summed E-state index contributed by atoms with van der Waals surface area (Å²) in [6.45, 7) is 0. The third-order valence-corrected chi connectivity index (χ3v) is 8.64. The van der Waals surface area contributed by atoms with Gasteiger partial charge in [-0.3, -0.25) is 0 Å². The Balaban J connectivity index is 2.36. The minimum Gasteiger partial charge on any atom is -0.744 e. The molecule has 0 saturated carbocycles. The Bertz CT molecular complexity index is 1550. The molecule has 0 aromatic heterocycles. The zero-order valence-electron chi connectivity index (χ0n) is 14.8. The molecule has 6 nitrogen and oxygen atoms in total. The van der Waals surface area contributed by atoms with Crippen LogP contribution in [-0.4, -0.2) is 21.4 Å². The van der Waals surface area contributed by atoms with Crippen LogP contribution in [0.4, 0.5) is 30.7 Å². The van der Waals surface area contributed by atoms with Crippen molar-refractivity contribution in [2.75, 3.05) is 0 Å².